The number of aryl methyl sites for hydroxylation is 2. The van der Waals surface area contributed by atoms with Crippen molar-refractivity contribution >= 4 is 22.6 Å². The first-order valence-electron chi connectivity index (χ1n) is 8.68. The topological polar surface area (TPSA) is 72.9 Å². The molecule has 0 fully saturated rings. The first-order chi connectivity index (χ1) is 12.1. The van der Waals surface area contributed by atoms with Gasteiger partial charge < -0.3 is 15.6 Å². The lowest BCUT2D eigenvalue weighted by Gasteiger charge is -2.15. The molecule has 1 aromatic heterocycles. The highest BCUT2D eigenvalue weighted by Crippen LogP contribution is 2.21. The number of nitrogens with one attached hydrogen (secondary N) is 1. The minimum atomic E-state index is -0.145. The molecular weight excluding hydrogens is 312 g/mol. The summed E-state index contributed by atoms with van der Waals surface area (Å²) in [7, 11) is 0. The molecule has 1 heterocycles. The van der Waals surface area contributed by atoms with E-state index in [1.165, 1.54) is 0 Å². The molecule has 0 saturated carbocycles. The number of amides is 1. The number of benzene rings is 2. The summed E-state index contributed by atoms with van der Waals surface area (Å²) in [6.07, 6.45) is 1.04. The zero-order valence-electron chi connectivity index (χ0n) is 14.7. The molecule has 0 aliphatic rings. The minimum absolute atomic E-state index is 0.00506. The highest BCUT2D eigenvalue weighted by atomic mass is 16.1. The van der Waals surface area contributed by atoms with Crippen LogP contribution in [0.15, 0.2) is 48.5 Å². The second-order valence-electron chi connectivity index (χ2n) is 6.19. The maximum absolute atomic E-state index is 12.3. The molecule has 1 amide bonds. The van der Waals surface area contributed by atoms with Gasteiger partial charge in [-0.3, -0.25) is 4.79 Å². The lowest BCUT2D eigenvalue weighted by Crippen LogP contribution is -2.28. The highest BCUT2D eigenvalue weighted by Gasteiger charge is 2.17. The Morgan fingerprint density at radius 3 is 2.68 bits per heavy atom. The van der Waals surface area contributed by atoms with E-state index in [9.17, 15) is 4.79 Å². The second kappa shape index (κ2) is 7.38. The van der Waals surface area contributed by atoms with Crippen molar-refractivity contribution in [2.75, 3.05) is 5.73 Å². The van der Waals surface area contributed by atoms with E-state index in [2.05, 4.69) is 22.9 Å². The molecule has 0 spiro atoms. The number of para-hydroxylation sites is 3. The Labute approximate surface area is 147 Å². The number of hydrogen-bond acceptors (Lipinski definition) is 3. The third kappa shape index (κ3) is 3.65. The molecule has 0 aliphatic carbocycles. The van der Waals surface area contributed by atoms with E-state index in [-0.39, 0.29) is 11.9 Å². The Kier molecular flexibility index (Phi) is 5.03. The van der Waals surface area contributed by atoms with Crippen LogP contribution >= 0.6 is 0 Å². The molecule has 25 heavy (non-hydrogen) atoms. The first-order valence-corrected chi connectivity index (χ1v) is 8.68. The maximum Gasteiger partial charge on any atom is 0.220 e. The van der Waals surface area contributed by atoms with Crippen LogP contribution in [0.4, 0.5) is 5.69 Å². The van der Waals surface area contributed by atoms with E-state index in [1.54, 1.807) is 0 Å². The van der Waals surface area contributed by atoms with E-state index in [0.717, 1.165) is 34.7 Å². The average Bonchev–Trinajstić information content (AvgIpc) is 3.00. The lowest BCUT2D eigenvalue weighted by molar-refractivity contribution is -0.121. The van der Waals surface area contributed by atoms with Gasteiger partial charge in [0.2, 0.25) is 5.91 Å². The fourth-order valence-corrected chi connectivity index (χ4v) is 3.15. The van der Waals surface area contributed by atoms with Gasteiger partial charge in [0.05, 0.1) is 17.1 Å². The standard InChI is InChI=1S/C20H24N4O/c1-3-24-18-11-7-6-10-17(18)23-20(24)14(2)22-19(25)13-12-15-8-4-5-9-16(15)21/h4-11,14H,3,12-13,21H2,1-2H3,(H,22,25). The van der Waals surface area contributed by atoms with E-state index < -0.39 is 0 Å². The van der Waals surface area contributed by atoms with E-state index in [0.29, 0.717) is 12.8 Å². The Morgan fingerprint density at radius 2 is 1.92 bits per heavy atom. The smallest absolute Gasteiger partial charge is 0.220 e. The zero-order valence-corrected chi connectivity index (χ0v) is 14.7. The van der Waals surface area contributed by atoms with Crippen LogP contribution in [0.25, 0.3) is 11.0 Å². The zero-order chi connectivity index (χ0) is 17.8. The lowest BCUT2D eigenvalue weighted by atomic mass is 10.1. The number of anilines is 1. The number of carbonyl (C=O) groups excluding carboxylic acids is 1. The van der Waals surface area contributed by atoms with Gasteiger partial charge in [-0.25, -0.2) is 4.98 Å². The van der Waals surface area contributed by atoms with Crippen LogP contribution in [0.5, 0.6) is 0 Å². The predicted molar refractivity (Wildman–Crippen MR) is 101 cm³/mol. The number of nitrogen functional groups attached to an aromatic ring is 1. The Bertz CT molecular complexity index is 884. The van der Waals surface area contributed by atoms with Crippen LogP contribution in [0.1, 0.15) is 37.7 Å². The maximum atomic E-state index is 12.3. The number of nitrogens with two attached hydrogens (primary N) is 1. The van der Waals surface area contributed by atoms with Gasteiger partial charge in [-0.15, -0.1) is 0 Å². The predicted octanol–water partition coefficient (Wildman–Crippen LogP) is 3.45. The largest absolute Gasteiger partial charge is 0.399 e. The number of fused-ring (bicyclic) bond motifs is 1. The molecule has 5 heteroatoms. The third-order valence-corrected chi connectivity index (χ3v) is 4.44. The number of hydrogen-bond donors (Lipinski definition) is 2. The number of nitrogens with zero attached hydrogens (tertiary/aromatic N) is 2. The number of rotatable bonds is 6. The van der Waals surface area contributed by atoms with Crippen molar-refractivity contribution in [1.82, 2.24) is 14.9 Å². The molecule has 0 radical (unpaired) electrons. The summed E-state index contributed by atoms with van der Waals surface area (Å²) in [6, 6.07) is 15.6. The van der Waals surface area contributed by atoms with Gasteiger partial charge in [-0.1, -0.05) is 30.3 Å². The van der Waals surface area contributed by atoms with Gasteiger partial charge in [0, 0.05) is 18.7 Å². The van der Waals surface area contributed by atoms with E-state index in [4.69, 9.17) is 10.7 Å². The monoisotopic (exact) mass is 336 g/mol. The van der Waals surface area contributed by atoms with Crippen molar-refractivity contribution in [2.24, 2.45) is 0 Å². The molecule has 130 valence electrons. The van der Waals surface area contributed by atoms with Gasteiger partial charge in [-0.2, -0.15) is 0 Å². The van der Waals surface area contributed by atoms with Crippen molar-refractivity contribution in [3.05, 3.63) is 59.9 Å². The van der Waals surface area contributed by atoms with Gasteiger partial charge >= 0.3 is 0 Å². The Hall–Kier alpha value is -2.82. The van der Waals surface area contributed by atoms with E-state index in [1.807, 2.05) is 49.4 Å². The SMILES string of the molecule is CCn1c(C(C)NC(=O)CCc2ccccc2N)nc2ccccc21. The number of carbonyl (C=O) groups is 1. The summed E-state index contributed by atoms with van der Waals surface area (Å²) in [5, 5.41) is 3.06. The quantitative estimate of drug-likeness (QED) is 0.677. The summed E-state index contributed by atoms with van der Waals surface area (Å²) in [5.74, 6) is 0.890. The Morgan fingerprint density at radius 1 is 1.20 bits per heavy atom. The molecule has 2 aromatic carbocycles. The van der Waals surface area contributed by atoms with Crippen LogP contribution in [0, 0.1) is 0 Å². The van der Waals surface area contributed by atoms with Crippen LogP contribution in [0.3, 0.4) is 0 Å². The molecule has 1 unspecified atom stereocenters. The first kappa shape index (κ1) is 17.0. The number of imidazole rings is 1. The van der Waals surface area contributed by atoms with Gasteiger partial charge in [-0.05, 0) is 44.0 Å². The van der Waals surface area contributed by atoms with Crippen molar-refractivity contribution < 1.29 is 4.79 Å². The molecule has 3 rings (SSSR count). The van der Waals surface area contributed by atoms with Crippen LogP contribution in [-0.2, 0) is 17.8 Å². The summed E-state index contributed by atoms with van der Waals surface area (Å²) in [6.45, 7) is 4.88. The van der Waals surface area contributed by atoms with Crippen molar-refractivity contribution in [3.8, 4) is 0 Å². The summed E-state index contributed by atoms with van der Waals surface area (Å²) in [5.41, 5.74) is 9.72. The molecule has 5 nitrogen and oxygen atoms in total. The molecule has 0 bridgehead atoms. The fourth-order valence-electron chi connectivity index (χ4n) is 3.15. The minimum Gasteiger partial charge on any atom is -0.399 e. The second-order valence-corrected chi connectivity index (χ2v) is 6.19. The third-order valence-electron chi connectivity index (χ3n) is 4.44. The molecule has 3 N–H and O–H groups in total. The number of aromatic nitrogens is 2. The van der Waals surface area contributed by atoms with Crippen LogP contribution < -0.4 is 11.1 Å². The van der Waals surface area contributed by atoms with Crippen molar-refractivity contribution in [3.63, 3.8) is 0 Å². The Balaban J connectivity index is 1.68. The molecule has 0 saturated heterocycles. The van der Waals surface area contributed by atoms with Crippen LogP contribution in [0.2, 0.25) is 0 Å². The molecule has 0 aliphatic heterocycles. The fraction of sp³-hybridized carbons (Fsp3) is 0.300. The normalized spacial score (nSPS) is 12.2. The summed E-state index contributed by atoms with van der Waals surface area (Å²) < 4.78 is 2.15. The van der Waals surface area contributed by atoms with Crippen molar-refractivity contribution in [1.29, 1.82) is 0 Å². The van der Waals surface area contributed by atoms with Crippen LogP contribution in [-0.4, -0.2) is 15.5 Å². The highest BCUT2D eigenvalue weighted by molar-refractivity contribution is 5.78. The summed E-state index contributed by atoms with van der Waals surface area (Å²) >= 11 is 0. The molecule has 1 atom stereocenters. The van der Waals surface area contributed by atoms with Gasteiger partial charge in [0.1, 0.15) is 5.82 Å². The molecular formula is C20H24N4O. The average molecular weight is 336 g/mol. The van der Waals surface area contributed by atoms with Crippen molar-refractivity contribution in [2.45, 2.75) is 39.3 Å². The van der Waals surface area contributed by atoms with Gasteiger partial charge in [0.15, 0.2) is 0 Å². The summed E-state index contributed by atoms with van der Waals surface area (Å²) in [4.78, 5) is 17.0. The van der Waals surface area contributed by atoms with E-state index >= 15 is 0 Å². The van der Waals surface area contributed by atoms with Gasteiger partial charge in [0.25, 0.3) is 0 Å². The molecule has 3 aromatic rings.